The number of rotatable bonds is 2. The summed E-state index contributed by atoms with van der Waals surface area (Å²) in [5.41, 5.74) is 0.675. The van der Waals surface area contributed by atoms with E-state index in [-0.39, 0.29) is 11.0 Å². The molecular formula is C14H8ClF2N3. The standard InChI is InChI=1S/C14H8ClF2N3/c15-14-19-18-13(9-4-2-1-3-5-9)20(14)12-8-10(16)6-7-11(12)17/h1-8H. The summed E-state index contributed by atoms with van der Waals surface area (Å²) < 4.78 is 28.5. The zero-order chi connectivity index (χ0) is 14.1. The van der Waals surface area contributed by atoms with Crippen LogP contribution in [0.15, 0.2) is 48.5 Å². The molecule has 0 radical (unpaired) electrons. The van der Waals surface area contributed by atoms with Crippen molar-refractivity contribution < 1.29 is 8.78 Å². The molecule has 0 saturated carbocycles. The van der Waals surface area contributed by atoms with E-state index in [2.05, 4.69) is 10.2 Å². The molecule has 2 aromatic carbocycles. The predicted molar refractivity (Wildman–Crippen MR) is 71.7 cm³/mol. The van der Waals surface area contributed by atoms with Crippen LogP contribution >= 0.6 is 11.6 Å². The minimum absolute atomic E-state index is 0.0288. The van der Waals surface area contributed by atoms with Gasteiger partial charge in [-0.2, -0.15) is 0 Å². The zero-order valence-electron chi connectivity index (χ0n) is 10.1. The molecule has 20 heavy (non-hydrogen) atoms. The second kappa shape index (κ2) is 5.02. The third-order valence-electron chi connectivity index (χ3n) is 2.80. The lowest BCUT2D eigenvalue weighted by Gasteiger charge is -2.09. The van der Waals surface area contributed by atoms with E-state index in [1.807, 2.05) is 18.2 Å². The van der Waals surface area contributed by atoms with Crippen molar-refractivity contribution >= 4 is 11.6 Å². The molecule has 3 rings (SSSR count). The molecule has 0 spiro atoms. The third kappa shape index (κ3) is 2.16. The van der Waals surface area contributed by atoms with Gasteiger partial charge in [0.1, 0.15) is 11.6 Å². The van der Waals surface area contributed by atoms with E-state index in [1.54, 1.807) is 12.1 Å². The largest absolute Gasteiger partial charge is 0.263 e. The Morgan fingerprint density at radius 3 is 2.45 bits per heavy atom. The first-order valence-electron chi connectivity index (χ1n) is 5.78. The topological polar surface area (TPSA) is 30.7 Å². The summed E-state index contributed by atoms with van der Waals surface area (Å²) in [6, 6.07) is 12.2. The first-order valence-corrected chi connectivity index (χ1v) is 6.16. The molecule has 0 aliphatic heterocycles. The van der Waals surface area contributed by atoms with Crippen molar-refractivity contribution in [2.75, 3.05) is 0 Å². The highest BCUT2D eigenvalue weighted by Crippen LogP contribution is 2.26. The number of hydrogen-bond acceptors (Lipinski definition) is 2. The highest BCUT2D eigenvalue weighted by molar-refractivity contribution is 6.28. The maximum absolute atomic E-state index is 13.9. The zero-order valence-corrected chi connectivity index (χ0v) is 10.9. The summed E-state index contributed by atoms with van der Waals surface area (Å²) in [5, 5.41) is 7.62. The van der Waals surface area contributed by atoms with E-state index in [1.165, 1.54) is 4.57 Å². The molecule has 0 aliphatic carbocycles. The van der Waals surface area contributed by atoms with Gasteiger partial charge in [0.05, 0.1) is 5.69 Å². The molecule has 0 unspecified atom stereocenters. The predicted octanol–water partition coefficient (Wildman–Crippen LogP) is 3.87. The van der Waals surface area contributed by atoms with Crippen molar-refractivity contribution in [2.45, 2.75) is 0 Å². The first kappa shape index (κ1) is 12.7. The van der Waals surface area contributed by atoms with Gasteiger partial charge in [0.15, 0.2) is 5.82 Å². The molecule has 0 N–H and O–H groups in total. The van der Waals surface area contributed by atoms with Crippen LogP contribution in [-0.2, 0) is 0 Å². The fourth-order valence-corrected chi connectivity index (χ4v) is 2.12. The lowest BCUT2D eigenvalue weighted by molar-refractivity contribution is 0.593. The van der Waals surface area contributed by atoms with Gasteiger partial charge in [0.25, 0.3) is 0 Å². The van der Waals surface area contributed by atoms with Crippen LogP contribution in [0.3, 0.4) is 0 Å². The van der Waals surface area contributed by atoms with Gasteiger partial charge in [0, 0.05) is 11.6 Å². The summed E-state index contributed by atoms with van der Waals surface area (Å²) in [6.07, 6.45) is 0. The Balaban J connectivity index is 2.24. The minimum Gasteiger partial charge on any atom is -0.263 e. The van der Waals surface area contributed by atoms with Crippen LogP contribution in [0.5, 0.6) is 0 Å². The molecule has 1 heterocycles. The number of halogens is 3. The van der Waals surface area contributed by atoms with Crippen molar-refractivity contribution in [1.82, 2.24) is 14.8 Å². The lowest BCUT2D eigenvalue weighted by atomic mass is 10.2. The van der Waals surface area contributed by atoms with E-state index < -0.39 is 11.6 Å². The molecule has 1 aromatic heterocycles. The smallest absolute Gasteiger partial charge is 0.230 e. The Morgan fingerprint density at radius 2 is 1.70 bits per heavy atom. The molecular weight excluding hydrogens is 284 g/mol. The molecule has 0 saturated heterocycles. The highest BCUT2D eigenvalue weighted by atomic mass is 35.5. The molecule has 6 heteroatoms. The molecule has 0 amide bonds. The highest BCUT2D eigenvalue weighted by Gasteiger charge is 2.17. The van der Waals surface area contributed by atoms with Gasteiger partial charge >= 0.3 is 0 Å². The van der Waals surface area contributed by atoms with Gasteiger partial charge in [-0.25, -0.2) is 8.78 Å². The van der Waals surface area contributed by atoms with Crippen LogP contribution in [0.2, 0.25) is 5.28 Å². The number of hydrogen-bond donors (Lipinski definition) is 0. The number of benzene rings is 2. The molecule has 0 fully saturated rings. The number of aromatic nitrogens is 3. The second-order valence-electron chi connectivity index (χ2n) is 4.09. The van der Waals surface area contributed by atoms with E-state index >= 15 is 0 Å². The Bertz CT molecular complexity index is 756. The van der Waals surface area contributed by atoms with E-state index in [0.717, 1.165) is 18.2 Å². The van der Waals surface area contributed by atoms with Crippen LogP contribution in [-0.4, -0.2) is 14.8 Å². The van der Waals surface area contributed by atoms with Crippen LogP contribution in [0.4, 0.5) is 8.78 Å². The average molecular weight is 292 g/mol. The molecule has 3 nitrogen and oxygen atoms in total. The normalized spacial score (nSPS) is 10.8. The van der Waals surface area contributed by atoms with Crippen LogP contribution in [0.1, 0.15) is 0 Å². The Labute approximate surface area is 118 Å². The quantitative estimate of drug-likeness (QED) is 0.717. The third-order valence-corrected chi connectivity index (χ3v) is 3.05. The molecule has 0 aliphatic rings. The fourth-order valence-electron chi connectivity index (χ4n) is 1.91. The van der Waals surface area contributed by atoms with Gasteiger partial charge in [0.2, 0.25) is 5.28 Å². The summed E-state index contributed by atoms with van der Waals surface area (Å²) in [4.78, 5) is 0. The Morgan fingerprint density at radius 1 is 0.950 bits per heavy atom. The van der Waals surface area contributed by atoms with Crippen LogP contribution in [0, 0.1) is 11.6 Å². The van der Waals surface area contributed by atoms with Crippen molar-refractivity contribution in [2.24, 2.45) is 0 Å². The molecule has 0 atom stereocenters. The summed E-state index contributed by atoms with van der Waals surface area (Å²) in [5.74, 6) is -0.824. The van der Waals surface area contributed by atoms with E-state index in [4.69, 9.17) is 11.6 Å². The molecule has 3 aromatic rings. The van der Waals surface area contributed by atoms with Crippen molar-refractivity contribution in [3.8, 4) is 17.1 Å². The SMILES string of the molecule is Fc1ccc(F)c(-n2c(Cl)nnc2-c2ccccc2)c1. The van der Waals surface area contributed by atoms with E-state index in [9.17, 15) is 8.78 Å². The van der Waals surface area contributed by atoms with Gasteiger partial charge in [-0.1, -0.05) is 30.3 Å². The monoisotopic (exact) mass is 291 g/mol. The summed E-state index contributed by atoms with van der Waals surface area (Å²) >= 11 is 5.95. The van der Waals surface area contributed by atoms with Gasteiger partial charge in [-0.05, 0) is 23.7 Å². The minimum atomic E-state index is -0.606. The summed E-state index contributed by atoms with van der Waals surface area (Å²) in [6.45, 7) is 0. The van der Waals surface area contributed by atoms with Crippen molar-refractivity contribution in [3.63, 3.8) is 0 Å². The maximum atomic E-state index is 13.9. The maximum Gasteiger partial charge on any atom is 0.230 e. The first-order chi connectivity index (χ1) is 9.66. The van der Waals surface area contributed by atoms with Crippen molar-refractivity contribution in [1.29, 1.82) is 0 Å². The van der Waals surface area contributed by atoms with Gasteiger partial charge < -0.3 is 0 Å². The lowest BCUT2D eigenvalue weighted by Crippen LogP contribution is -2.01. The fraction of sp³-hybridized carbons (Fsp3) is 0. The van der Waals surface area contributed by atoms with Gasteiger partial charge in [-0.3, -0.25) is 4.57 Å². The van der Waals surface area contributed by atoms with E-state index in [0.29, 0.717) is 11.4 Å². The van der Waals surface area contributed by atoms with Crippen LogP contribution in [0.25, 0.3) is 17.1 Å². The van der Waals surface area contributed by atoms with Crippen molar-refractivity contribution in [3.05, 3.63) is 65.4 Å². The molecule has 0 bridgehead atoms. The van der Waals surface area contributed by atoms with Crippen LogP contribution < -0.4 is 0 Å². The van der Waals surface area contributed by atoms with Gasteiger partial charge in [-0.15, -0.1) is 10.2 Å². The number of nitrogens with zero attached hydrogens (tertiary/aromatic N) is 3. The Hall–Kier alpha value is -2.27. The molecule has 100 valence electrons. The average Bonchev–Trinajstić information content (AvgIpc) is 2.84. The summed E-state index contributed by atoms with van der Waals surface area (Å²) in [7, 11) is 0. The second-order valence-corrected chi connectivity index (χ2v) is 4.43. The Kier molecular flexibility index (Phi) is 3.20.